The number of thioether (sulfide) groups is 1. The van der Waals surface area contributed by atoms with Crippen molar-refractivity contribution in [2.24, 2.45) is 5.10 Å². The fourth-order valence-electron chi connectivity index (χ4n) is 3.08. The molecule has 4 rings (SSSR count). The number of amides is 1. The molecule has 8 nitrogen and oxygen atoms in total. The molecule has 0 aliphatic heterocycles. The summed E-state index contributed by atoms with van der Waals surface area (Å²) >= 11 is 4.52. The number of carbonyl (C=O) groups is 2. The molecule has 10 heteroatoms. The molecule has 170 valence electrons. The van der Waals surface area contributed by atoms with E-state index in [4.69, 9.17) is 5.11 Å². The van der Waals surface area contributed by atoms with Crippen LogP contribution < -0.4 is 11.0 Å². The summed E-state index contributed by atoms with van der Waals surface area (Å²) in [5.74, 6) is -1.41. The topological polar surface area (TPSA) is 114 Å². The number of rotatable bonds is 7. The minimum Gasteiger partial charge on any atom is -0.478 e. The Morgan fingerprint density at radius 2 is 1.76 bits per heavy atom. The Morgan fingerprint density at radius 3 is 2.47 bits per heavy atom. The molecule has 0 aliphatic carbocycles. The second kappa shape index (κ2) is 10.4. The maximum atomic E-state index is 13.2. The lowest BCUT2D eigenvalue weighted by Gasteiger charge is -2.13. The highest BCUT2D eigenvalue weighted by Gasteiger charge is 2.14. The van der Waals surface area contributed by atoms with Crippen molar-refractivity contribution >= 4 is 56.7 Å². The average molecular weight is 537 g/mol. The van der Waals surface area contributed by atoms with Crippen LogP contribution in [0.4, 0.5) is 0 Å². The lowest BCUT2D eigenvalue weighted by molar-refractivity contribution is -0.118. The number of para-hydroxylation sites is 1. The zero-order valence-corrected chi connectivity index (χ0v) is 19.9. The lowest BCUT2D eigenvalue weighted by atomic mass is 10.1. The molecule has 1 aromatic heterocycles. The number of aromatic carboxylic acids is 1. The maximum absolute atomic E-state index is 13.2. The van der Waals surface area contributed by atoms with Gasteiger partial charge in [-0.3, -0.25) is 14.2 Å². The van der Waals surface area contributed by atoms with E-state index < -0.39 is 5.97 Å². The summed E-state index contributed by atoms with van der Waals surface area (Å²) in [5.41, 5.74) is 4.19. The SMILES string of the molecule is O=C(CSc1nc2ccccc2c(=O)n1-c1ccc(Br)cc1)NN=Cc1ccc(C(=O)O)cc1. The molecule has 1 heterocycles. The van der Waals surface area contributed by atoms with Crippen LogP contribution in [0.5, 0.6) is 0 Å². The molecule has 0 fully saturated rings. The average Bonchev–Trinajstić information content (AvgIpc) is 2.84. The van der Waals surface area contributed by atoms with E-state index in [9.17, 15) is 14.4 Å². The van der Waals surface area contributed by atoms with E-state index in [-0.39, 0.29) is 22.8 Å². The highest BCUT2D eigenvalue weighted by molar-refractivity contribution is 9.10. The van der Waals surface area contributed by atoms with E-state index in [0.717, 1.165) is 16.2 Å². The Bertz CT molecular complexity index is 1450. The van der Waals surface area contributed by atoms with Crippen LogP contribution >= 0.6 is 27.7 Å². The maximum Gasteiger partial charge on any atom is 0.335 e. The first kappa shape index (κ1) is 23.4. The number of carboxylic acid groups (broad SMARTS) is 1. The van der Waals surface area contributed by atoms with Crippen LogP contribution in [0.15, 0.2) is 92.3 Å². The third kappa shape index (κ3) is 5.41. The van der Waals surface area contributed by atoms with Crippen LogP contribution in [0.25, 0.3) is 16.6 Å². The second-order valence-electron chi connectivity index (χ2n) is 7.04. The van der Waals surface area contributed by atoms with E-state index in [2.05, 4.69) is 31.4 Å². The largest absolute Gasteiger partial charge is 0.478 e. The number of nitrogens with one attached hydrogen (secondary N) is 1. The molecular weight excluding hydrogens is 520 g/mol. The first-order chi connectivity index (χ1) is 16.4. The normalized spacial score (nSPS) is 11.1. The van der Waals surface area contributed by atoms with Gasteiger partial charge in [0.15, 0.2) is 5.16 Å². The number of fused-ring (bicyclic) bond motifs is 1. The highest BCUT2D eigenvalue weighted by atomic mass is 79.9. The van der Waals surface area contributed by atoms with Gasteiger partial charge in [-0.15, -0.1) is 0 Å². The van der Waals surface area contributed by atoms with E-state index in [1.807, 2.05) is 12.1 Å². The zero-order chi connectivity index (χ0) is 24.1. The van der Waals surface area contributed by atoms with Crippen LogP contribution in [0.3, 0.4) is 0 Å². The number of hydrogen-bond donors (Lipinski definition) is 2. The van der Waals surface area contributed by atoms with Crippen LogP contribution in [0, 0.1) is 0 Å². The number of halogens is 1. The predicted octanol–water partition coefficient (Wildman–Crippen LogP) is 4.09. The number of hydrogen-bond acceptors (Lipinski definition) is 6. The number of carboxylic acids is 1. The number of benzene rings is 3. The number of hydrazone groups is 1. The predicted molar refractivity (Wildman–Crippen MR) is 135 cm³/mol. The summed E-state index contributed by atoms with van der Waals surface area (Å²) < 4.78 is 2.36. The van der Waals surface area contributed by atoms with Gasteiger partial charge in [0.25, 0.3) is 11.5 Å². The minimum atomic E-state index is -1.02. The quantitative estimate of drug-likeness (QED) is 0.159. The van der Waals surface area contributed by atoms with Gasteiger partial charge in [0.1, 0.15) is 0 Å². The summed E-state index contributed by atoms with van der Waals surface area (Å²) in [5, 5.41) is 13.7. The van der Waals surface area contributed by atoms with Crippen molar-refractivity contribution < 1.29 is 14.7 Å². The van der Waals surface area contributed by atoms with Crippen molar-refractivity contribution in [2.45, 2.75) is 5.16 Å². The molecular formula is C24H17BrN4O4S. The third-order valence-electron chi connectivity index (χ3n) is 4.72. The van der Waals surface area contributed by atoms with Gasteiger partial charge in [-0.25, -0.2) is 15.2 Å². The Kier molecular flexibility index (Phi) is 7.19. The molecule has 34 heavy (non-hydrogen) atoms. The molecule has 0 saturated heterocycles. The van der Waals surface area contributed by atoms with Gasteiger partial charge in [-0.1, -0.05) is 52.0 Å². The molecule has 4 aromatic rings. The third-order valence-corrected chi connectivity index (χ3v) is 6.19. The van der Waals surface area contributed by atoms with Crippen molar-refractivity contribution in [1.29, 1.82) is 0 Å². The molecule has 0 unspecified atom stereocenters. The monoisotopic (exact) mass is 536 g/mol. The van der Waals surface area contributed by atoms with Gasteiger partial charge >= 0.3 is 5.97 Å². The highest BCUT2D eigenvalue weighted by Crippen LogP contribution is 2.22. The summed E-state index contributed by atoms with van der Waals surface area (Å²) in [6.07, 6.45) is 1.42. The van der Waals surface area contributed by atoms with Crippen LogP contribution in [-0.2, 0) is 4.79 Å². The van der Waals surface area contributed by atoms with Crippen molar-refractivity contribution in [3.05, 3.63) is 98.7 Å². The molecule has 0 bridgehead atoms. The Balaban J connectivity index is 1.51. The lowest BCUT2D eigenvalue weighted by Crippen LogP contribution is -2.24. The van der Waals surface area contributed by atoms with Gasteiger partial charge in [-0.05, 0) is 54.1 Å². The van der Waals surface area contributed by atoms with E-state index in [1.54, 1.807) is 48.5 Å². The standard InChI is InChI=1S/C24H17BrN4O4S/c25-17-9-11-18(12-10-17)29-22(31)19-3-1-2-4-20(19)27-24(29)34-14-21(30)28-26-13-15-5-7-16(8-6-15)23(32)33/h1-13H,14H2,(H,28,30)(H,32,33). The molecule has 0 spiro atoms. The summed E-state index contributed by atoms with van der Waals surface area (Å²) in [4.78, 5) is 41.1. The number of carbonyl (C=O) groups excluding carboxylic acids is 1. The molecule has 0 saturated carbocycles. The van der Waals surface area contributed by atoms with E-state index in [0.29, 0.717) is 27.3 Å². The van der Waals surface area contributed by atoms with Crippen molar-refractivity contribution in [2.75, 3.05) is 5.75 Å². The Morgan fingerprint density at radius 1 is 1.06 bits per heavy atom. The van der Waals surface area contributed by atoms with Gasteiger partial charge in [0.2, 0.25) is 0 Å². The fraction of sp³-hybridized carbons (Fsp3) is 0.0417. The van der Waals surface area contributed by atoms with Crippen LogP contribution in [-0.4, -0.2) is 38.5 Å². The fourth-order valence-corrected chi connectivity index (χ4v) is 4.15. The molecule has 0 radical (unpaired) electrons. The Labute approximate surface area is 206 Å². The van der Waals surface area contributed by atoms with Crippen molar-refractivity contribution in [3.63, 3.8) is 0 Å². The zero-order valence-electron chi connectivity index (χ0n) is 17.5. The van der Waals surface area contributed by atoms with Gasteiger partial charge < -0.3 is 5.11 Å². The van der Waals surface area contributed by atoms with Crippen LogP contribution in [0.1, 0.15) is 15.9 Å². The number of aromatic nitrogens is 2. The van der Waals surface area contributed by atoms with E-state index >= 15 is 0 Å². The van der Waals surface area contributed by atoms with Gasteiger partial charge in [-0.2, -0.15) is 5.10 Å². The molecule has 3 aromatic carbocycles. The van der Waals surface area contributed by atoms with Gasteiger partial charge in [0, 0.05) is 4.47 Å². The van der Waals surface area contributed by atoms with E-state index in [1.165, 1.54) is 22.9 Å². The summed E-state index contributed by atoms with van der Waals surface area (Å²) in [7, 11) is 0. The summed E-state index contributed by atoms with van der Waals surface area (Å²) in [6, 6.07) is 20.4. The smallest absolute Gasteiger partial charge is 0.335 e. The second-order valence-corrected chi connectivity index (χ2v) is 8.90. The molecule has 2 N–H and O–H groups in total. The van der Waals surface area contributed by atoms with Crippen molar-refractivity contribution in [1.82, 2.24) is 15.0 Å². The van der Waals surface area contributed by atoms with Crippen molar-refractivity contribution in [3.8, 4) is 5.69 Å². The number of nitrogens with zero attached hydrogens (tertiary/aromatic N) is 3. The minimum absolute atomic E-state index is 0.0173. The Hall–Kier alpha value is -3.76. The molecule has 1 amide bonds. The van der Waals surface area contributed by atoms with Gasteiger partial charge in [0.05, 0.1) is 34.1 Å². The van der Waals surface area contributed by atoms with Crippen LogP contribution in [0.2, 0.25) is 0 Å². The first-order valence-corrected chi connectivity index (χ1v) is 11.8. The summed E-state index contributed by atoms with van der Waals surface area (Å²) in [6.45, 7) is 0. The first-order valence-electron chi connectivity index (χ1n) is 9.98. The molecule has 0 aliphatic rings. The molecule has 0 atom stereocenters.